The molecule has 0 aliphatic rings. The van der Waals surface area contributed by atoms with E-state index in [-0.39, 0.29) is 5.56 Å². The summed E-state index contributed by atoms with van der Waals surface area (Å²) in [7, 11) is 0. The van der Waals surface area contributed by atoms with Crippen molar-refractivity contribution in [3.05, 3.63) is 32.5 Å². The van der Waals surface area contributed by atoms with E-state index >= 15 is 0 Å². The Morgan fingerprint density at radius 2 is 2.21 bits per heavy atom. The first kappa shape index (κ1) is 10.8. The zero-order chi connectivity index (χ0) is 10.9. The van der Waals surface area contributed by atoms with Gasteiger partial charge in [-0.3, -0.25) is 0 Å². The fourth-order valence-corrected chi connectivity index (χ4v) is 1.32. The van der Waals surface area contributed by atoms with Crippen molar-refractivity contribution < 1.29 is 13.7 Å². The average Bonchev–Trinajstić information content (AvgIpc) is 2.02. The molecule has 0 fully saturated rings. The maximum absolute atomic E-state index is 12.4. The maximum atomic E-state index is 12.4. The summed E-state index contributed by atoms with van der Waals surface area (Å²) in [5.41, 5.74) is -0.399. The van der Waals surface area contributed by atoms with Gasteiger partial charge >= 0.3 is 5.82 Å². The van der Waals surface area contributed by atoms with Crippen molar-refractivity contribution in [1.29, 1.82) is 0 Å². The van der Waals surface area contributed by atoms with Crippen LogP contribution in [0.25, 0.3) is 0 Å². The molecule has 0 aliphatic carbocycles. The van der Waals surface area contributed by atoms with Gasteiger partial charge < -0.3 is 10.1 Å². The van der Waals surface area contributed by atoms with E-state index in [0.717, 1.165) is 6.20 Å². The number of aromatic nitrogens is 1. The third kappa shape index (κ3) is 1.79. The van der Waals surface area contributed by atoms with E-state index in [1.165, 1.54) is 6.92 Å². The van der Waals surface area contributed by atoms with Crippen LogP contribution in [0.5, 0.6) is 0 Å². The standard InChI is InChI=1S/C7H5ClF2N2O2/c1-3-2-11-7(12(13)14)5(8)4(3)6(9)10/h2,6H,1H3. The molecule has 14 heavy (non-hydrogen) atoms. The summed E-state index contributed by atoms with van der Waals surface area (Å²) in [4.78, 5) is 12.8. The lowest BCUT2D eigenvalue weighted by Gasteiger charge is -2.05. The molecule has 0 atom stereocenters. The highest BCUT2D eigenvalue weighted by Gasteiger charge is 2.25. The van der Waals surface area contributed by atoms with Gasteiger partial charge in [0.05, 0.1) is 5.56 Å². The van der Waals surface area contributed by atoms with E-state index in [1.807, 2.05) is 0 Å². The minimum Gasteiger partial charge on any atom is -0.358 e. The molecule has 0 radical (unpaired) electrons. The molecule has 4 nitrogen and oxygen atoms in total. The van der Waals surface area contributed by atoms with Gasteiger partial charge in [0.1, 0.15) is 11.2 Å². The van der Waals surface area contributed by atoms with Crippen LogP contribution in [0.4, 0.5) is 14.6 Å². The van der Waals surface area contributed by atoms with E-state index in [4.69, 9.17) is 11.6 Å². The molecule has 7 heteroatoms. The first-order valence-electron chi connectivity index (χ1n) is 3.52. The summed E-state index contributed by atoms with van der Waals surface area (Å²) in [6.45, 7) is 1.37. The topological polar surface area (TPSA) is 56.0 Å². The molecule has 0 amide bonds. The first-order valence-corrected chi connectivity index (χ1v) is 3.90. The Morgan fingerprint density at radius 1 is 1.64 bits per heavy atom. The quantitative estimate of drug-likeness (QED) is 0.571. The number of rotatable bonds is 2. The molecule has 0 saturated carbocycles. The lowest BCUT2D eigenvalue weighted by molar-refractivity contribution is -0.389. The normalized spacial score (nSPS) is 10.6. The van der Waals surface area contributed by atoms with Gasteiger partial charge in [0.25, 0.3) is 6.43 Å². The minimum atomic E-state index is -2.84. The molecule has 0 unspecified atom stereocenters. The van der Waals surface area contributed by atoms with Crippen molar-refractivity contribution in [2.45, 2.75) is 13.3 Å². The number of nitrogens with zero attached hydrogens (tertiary/aromatic N) is 2. The molecule has 0 aliphatic heterocycles. The van der Waals surface area contributed by atoms with Gasteiger partial charge in [0, 0.05) is 5.56 Å². The Labute approximate surface area is 82.7 Å². The number of aryl methyl sites for hydroxylation is 1. The monoisotopic (exact) mass is 222 g/mol. The largest absolute Gasteiger partial charge is 0.382 e. The van der Waals surface area contributed by atoms with Gasteiger partial charge in [-0.25, -0.2) is 8.78 Å². The number of halogens is 3. The number of alkyl halides is 2. The molecule has 1 aromatic rings. The highest BCUT2D eigenvalue weighted by atomic mass is 35.5. The smallest absolute Gasteiger partial charge is 0.358 e. The van der Waals surface area contributed by atoms with E-state index in [0.29, 0.717) is 0 Å². The molecular formula is C7H5ClF2N2O2. The van der Waals surface area contributed by atoms with Gasteiger partial charge in [-0.2, -0.15) is 0 Å². The molecule has 0 bridgehead atoms. The molecule has 0 aromatic carbocycles. The van der Waals surface area contributed by atoms with E-state index in [1.54, 1.807) is 0 Å². The van der Waals surface area contributed by atoms with Crippen LogP contribution in [0.15, 0.2) is 6.20 Å². The van der Waals surface area contributed by atoms with Crippen molar-refractivity contribution in [3.63, 3.8) is 0 Å². The molecule has 1 rings (SSSR count). The molecule has 0 N–H and O–H groups in total. The van der Waals surface area contributed by atoms with E-state index < -0.39 is 27.8 Å². The van der Waals surface area contributed by atoms with Crippen molar-refractivity contribution in [2.24, 2.45) is 0 Å². The molecular weight excluding hydrogens is 218 g/mol. The Kier molecular flexibility index (Phi) is 2.95. The van der Waals surface area contributed by atoms with Crippen LogP contribution >= 0.6 is 11.6 Å². The van der Waals surface area contributed by atoms with Gasteiger partial charge in [-0.1, -0.05) is 11.6 Å². The van der Waals surface area contributed by atoms with Crippen LogP contribution in [0.1, 0.15) is 17.6 Å². The Morgan fingerprint density at radius 3 is 2.64 bits per heavy atom. The van der Waals surface area contributed by atoms with Crippen LogP contribution in [-0.4, -0.2) is 9.91 Å². The summed E-state index contributed by atoms with van der Waals surface area (Å²) in [6.07, 6.45) is -1.84. The summed E-state index contributed by atoms with van der Waals surface area (Å²) in [6, 6.07) is 0. The van der Waals surface area contributed by atoms with Crippen molar-refractivity contribution in [1.82, 2.24) is 4.98 Å². The summed E-state index contributed by atoms with van der Waals surface area (Å²) < 4.78 is 24.8. The van der Waals surface area contributed by atoms with Gasteiger partial charge in [-0.05, 0) is 16.8 Å². The second-order valence-electron chi connectivity index (χ2n) is 2.55. The second kappa shape index (κ2) is 3.83. The highest BCUT2D eigenvalue weighted by molar-refractivity contribution is 6.33. The van der Waals surface area contributed by atoms with Crippen molar-refractivity contribution in [3.8, 4) is 0 Å². The molecule has 76 valence electrons. The lowest BCUT2D eigenvalue weighted by Crippen LogP contribution is -1.99. The van der Waals surface area contributed by atoms with Crippen molar-refractivity contribution >= 4 is 17.4 Å². The van der Waals surface area contributed by atoms with Crippen molar-refractivity contribution in [2.75, 3.05) is 0 Å². The van der Waals surface area contributed by atoms with Crippen LogP contribution in [0.2, 0.25) is 5.02 Å². The Bertz CT molecular complexity index is 384. The summed E-state index contributed by atoms with van der Waals surface area (Å²) in [5, 5.41) is 9.73. The first-order chi connectivity index (χ1) is 6.45. The summed E-state index contributed by atoms with van der Waals surface area (Å²) >= 11 is 5.42. The average molecular weight is 223 g/mol. The van der Waals surface area contributed by atoms with Gasteiger partial charge in [0.2, 0.25) is 0 Å². The van der Waals surface area contributed by atoms with Gasteiger partial charge in [-0.15, -0.1) is 0 Å². The highest BCUT2D eigenvalue weighted by Crippen LogP contribution is 2.34. The molecule has 1 aromatic heterocycles. The Balaban J connectivity index is 3.41. The third-order valence-electron chi connectivity index (χ3n) is 1.63. The fourth-order valence-electron chi connectivity index (χ4n) is 0.973. The summed E-state index contributed by atoms with van der Waals surface area (Å²) in [5.74, 6) is -0.743. The zero-order valence-corrected chi connectivity index (χ0v) is 7.76. The zero-order valence-electron chi connectivity index (χ0n) is 7.00. The van der Waals surface area contributed by atoms with Crippen LogP contribution in [0, 0.1) is 17.0 Å². The predicted octanol–water partition coefficient (Wildman–Crippen LogP) is 2.89. The van der Waals surface area contributed by atoms with E-state index in [2.05, 4.69) is 4.98 Å². The maximum Gasteiger partial charge on any atom is 0.382 e. The minimum absolute atomic E-state index is 0.135. The lowest BCUT2D eigenvalue weighted by atomic mass is 10.1. The third-order valence-corrected chi connectivity index (χ3v) is 2.00. The number of pyridine rings is 1. The second-order valence-corrected chi connectivity index (χ2v) is 2.93. The van der Waals surface area contributed by atoms with Gasteiger partial charge in [0.15, 0.2) is 0 Å². The molecule has 1 heterocycles. The predicted molar refractivity (Wildman–Crippen MR) is 45.6 cm³/mol. The SMILES string of the molecule is Cc1cnc([N+](=O)[O-])c(Cl)c1C(F)F. The van der Waals surface area contributed by atoms with Crippen LogP contribution in [-0.2, 0) is 0 Å². The number of hydrogen-bond acceptors (Lipinski definition) is 3. The van der Waals surface area contributed by atoms with Crippen LogP contribution < -0.4 is 0 Å². The molecule has 0 spiro atoms. The molecule has 0 saturated heterocycles. The Hall–Kier alpha value is -1.30. The van der Waals surface area contributed by atoms with E-state index in [9.17, 15) is 18.9 Å². The fraction of sp³-hybridized carbons (Fsp3) is 0.286. The van der Waals surface area contributed by atoms with Crippen LogP contribution in [0.3, 0.4) is 0 Å². The number of hydrogen-bond donors (Lipinski definition) is 0. The number of nitro groups is 1.